The van der Waals surface area contributed by atoms with Gasteiger partial charge in [0.25, 0.3) is 0 Å². The summed E-state index contributed by atoms with van der Waals surface area (Å²) < 4.78 is 41.6. The molecule has 1 fully saturated rings. The number of alkyl halides is 3. The number of aromatic amines is 1. The van der Waals surface area contributed by atoms with Gasteiger partial charge in [0.2, 0.25) is 0 Å². The van der Waals surface area contributed by atoms with Crippen molar-refractivity contribution in [1.82, 2.24) is 15.1 Å². The lowest BCUT2D eigenvalue weighted by Gasteiger charge is -2.18. The van der Waals surface area contributed by atoms with Crippen molar-refractivity contribution in [1.29, 1.82) is 0 Å². The number of β-amino-alcohol motifs (C(OH)–C–C–N with tert-alkyl or cyclic N) is 1. The lowest BCUT2D eigenvalue weighted by molar-refractivity contribution is -0.275. The highest BCUT2D eigenvalue weighted by molar-refractivity contribution is 5.33. The molecule has 5 nitrogen and oxygen atoms in total. The number of hydrogen-bond acceptors (Lipinski definition) is 4. The van der Waals surface area contributed by atoms with Crippen molar-refractivity contribution in [2.45, 2.75) is 32.4 Å². The molecule has 25 heavy (non-hydrogen) atoms. The van der Waals surface area contributed by atoms with Gasteiger partial charge in [-0.25, -0.2) is 0 Å². The molecular formula is C17H20F3N3O2. The molecule has 2 heterocycles. The number of halogens is 3. The first-order chi connectivity index (χ1) is 11.8. The number of rotatable bonds is 5. The van der Waals surface area contributed by atoms with Crippen molar-refractivity contribution < 1.29 is 23.0 Å². The third kappa shape index (κ3) is 4.73. The highest BCUT2D eigenvalue weighted by Gasteiger charge is 2.34. The number of ether oxygens (including phenoxy) is 1. The first kappa shape index (κ1) is 17.8. The summed E-state index contributed by atoms with van der Waals surface area (Å²) in [5, 5.41) is 17.3. The van der Waals surface area contributed by atoms with Crippen LogP contribution in [0.25, 0.3) is 0 Å². The molecule has 0 unspecified atom stereocenters. The smallest absolute Gasteiger partial charge is 0.405 e. The van der Waals surface area contributed by atoms with Gasteiger partial charge in [-0.2, -0.15) is 5.10 Å². The van der Waals surface area contributed by atoms with Gasteiger partial charge in [0.1, 0.15) is 5.75 Å². The minimum absolute atomic E-state index is 0.00148. The highest BCUT2D eigenvalue weighted by Crippen LogP contribution is 2.29. The lowest BCUT2D eigenvalue weighted by atomic mass is 10.0. The van der Waals surface area contributed by atoms with Crippen LogP contribution in [0.5, 0.6) is 5.75 Å². The van der Waals surface area contributed by atoms with E-state index in [0.717, 1.165) is 11.4 Å². The minimum atomic E-state index is -4.72. The average molecular weight is 355 g/mol. The second kappa shape index (κ2) is 7.05. The Balaban J connectivity index is 1.64. The average Bonchev–Trinajstić information content (AvgIpc) is 3.06. The van der Waals surface area contributed by atoms with Crippen molar-refractivity contribution in [3.8, 4) is 5.75 Å². The van der Waals surface area contributed by atoms with Crippen LogP contribution in [0.2, 0.25) is 0 Å². The maximum atomic E-state index is 12.5. The quantitative estimate of drug-likeness (QED) is 0.866. The van der Waals surface area contributed by atoms with Gasteiger partial charge in [0, 0.05) is 36.8 Å². The summed E-state index contributed by atoms with van der Waals surface area (Å²) in [7, 11) is 0. The molecule has 2 aromatic rings. The van der Waals surface area contributed by atoms with Crippen molar-refractivity contribution in [2.24, 2.45) is 5.92 Å². The molecule has 0 radical (unpaired) electrons. The lowest BCUT2D eigenvalue weighted by Crippen LogP contribution is -2.23. The van der Waals surface area contributed by atoms with E-state index in [-0.39, 0.29) is 11.7 Å². The van der Waals surface area contributed by atoms with Gasteiger partial charge >= 0.3 is 6.36 Å². The Morgan fingerprint density at radius 3 is 2.76 bits per heavy atom. The second-order valence-corrected chi connectivity index (χ2v) is 6.42. The summed E-state index contributed by atoms with van der Waals surface area (Å²) in [6.07, 6.45) is -4.63. The summed E-state index contributed by atoms with van der Waals surface area (Å²) in [5.41, 5.74) is 2.28. The van der Waals surface area contributed by atoms with E-state index in [1.54, 1.807) is 12.1 Å². The minimum Gasteiger partial charge on any atom is -0.405 e. The van der Waals surface area contributed by atoms with E-state index in [1.165, 1.54) is 12.1 Å². The number of benzene rings is 1. The first-order valence-electron chi connectivity index (χ1n) is 8.05. The van der Waals surface area contributed by atoms with Crippen molar-refractivity contribution in [3.63, 3.8) is 0 Å². The summed E-state index contributed by atoms with van der Waals surface area (Å²) in [6.45, 7) is 3.20. The third-order valence-electron chi connectivity index (χ3n) is 4.30. The van der Waals surface area contributed by atoms with Gasteiger partial charge in [-0.05, 0) is 25.5 Å². The number of likely N-dealkylation sites (tertiary alicyclic amines) is 1. The number of hydrogen-bond donors (Lipinski definition) is 2. The zero-order valence-electron chi connectivity index (χ0n) is 13.8. The van der Waals surface area contributed by atoms with Crippen molar-refractivity contribution >= 4 is 0 Å². The monoisotopic (exact) mass is 355 g/mol. The second-order valence-electron chi connectivity index (χ2n) is 6.42. The number of aryl methyl sites for hydroxylation is 1. The Bertz CT molecular complexity index is 717. The predicted octanol–water partition coefficient (Wildman–Crippen LogP) is 2.65. The molecule has 1 aromatic carbocycles. The van der Waals surface area contributed by atoms with Gasteiger partial charge in [-0.15, -0.1) is 13.2 Å². The Labute approximate surface area is 143 Å². The summed E-state index contributed by atoms with van der Waals surface area (Å²) in [4.78, 5) is 1.94. The number of nitrogens with zero attached hydrogens (tertiary/aromatic N) is 2. The summed E-state index contributed by atoms with van der Waals surface area (Å²) >= 11 is 0. The van der Waals surface area contributed by atoms with Crippen LogP contribution in [0.4, 0.5) is 13.2 Å². The van der Waals surface area contributed by atoms with E-state index < -0.39 is 12.5 Å². The molecule has 1 aliphatic rings. The van der Waals surface area contributed by atoms with Crippen LogP contribution in [0.1, 0.15) is 17.0 Å². The first-order valence-corrected chi connectivity index (χ1v) is 8.05. The Kier molecular flexibility index (Phi) is 5.01. The van der Waals surface area contributed by atoms with Crippen LogP contribution in [-0.4, -0.2) is 45.8 Å². The topological polar surface area (TPSA) is 61.4 Å². The fourth-order valence-corrected chi connectivity index (χ4v) is 3.22. The van der Waals surface area contributed by atoms with Crippen molar-refractivity contribution in [3.05, 3.63) is 47.3 Å². The van der Waals surface area contributed by atoms with E-state index in [4.69, 9.17) is 0 Å². The van der Waals surface area contributed by atoms with E-state index in [2.05, 4.69) is 14.9 Å². The number of aliphatic hydroxyl groups is 1. The summed E-state index contributed by atoms with van der Waals surface area (Å²) in [5.74, 6) is -0.200. The molecule has 0 aliphatic carbocycles. The molecule has 8 heteroatoms. The number of nitrogens with one attached hydrogen (secondary N) is 1. The molecule has 3 rings (SSSR count). The van der Waals surface area contributed by atoms with Gasteiger partial charge < -0.3 is 9.84 Å². The molecule has 0 saturated carbocycles. The van der Waals surface area contributed by atoms with E-state index >= 15 is 0 Å². The number of para-hydroxylation sites is 1. The maximum Gasteiger partial charge on any atom is 0.573 e. The molecule has 1 saturated heterocycles. The summed E-state index contributed by atoms with van der Waals surface area (Å²) in [6, 6.07) is 8.03. The van der Waals surface area contributed by atoms with Crippen LogP contribution < -0.4 is 4.74 Å². The Morgan fingerprint density at radius 1 is 1.32 bits per heavy atom. The fourth-order valence-electron chi connectivity index (χ4n) is 3.22. The normalized spacial score (nSPS) is 21.6. The zero-order valence-corrected chi connectivity index (χ0v) is 13.8. The van der Waals surface area contributed by atoms with Crippen LogP contribution in [0.3, 0.4) is 0 Å². The van der Waals surface area contributed by atoms with E-state index in [9.17, 15) is 18.3 Å². The van der Waals surface area contributed by atoms with E-state index in [0.29, 0.717) is 31.6 Å². The third-order valence-corrected chi connectivity index (χ3v) is 4.30. The van der Waals surface area contributed by atoms with Crippen LogP contribution in [0, 0.1) is 12.8 Å². The zero-order chi connectivity index (χ0) is 18.0. The number of aromatic nitrogens is 2. The molecule has 1 aromatic heterocycles. The van der Waals surface area contributed by atoms with Gasteiger partial charge in [0.05, 0.1) is 11.8 Å². The largest absolute Gasteiger partial charge is 0.573 e. The van der Waals surface area contributed by atoms with Gasteiger partial charge in [-0.1, -0.05) is 18.2 Å². The van der Waals surface area contributed by atoms with Gasteiger partial charge in [0.15, 0.2) is 0 Å². The van der Waals surface area contributed by atoms with Gasteiger partial charge in [-0.3, -0.25) is 10.00 Å². The molecule has 2 N–H and O–H groups in total. The molecule has 0 amide bonds. The molecule has 136 valence electrons. The molecular weight excluding hydrogens is 335 g/mol. The fraction of sp³-hybridized carbons (Fsp3) is 0.471. The number of aliphatic hydroxyl groups excluding tert-OH is 1. The van der Waals surface area contributed by atoms with Crippen molar-refractivity contribution in [2.75, 3.05) is 13.1 Å². The standard InChI is InChI=1S/C17H20F3N3O2/c1-11-6-14(22-21-11)7-13-9-23(10-15(13)24)8-12-4-2-3-5-16(12)25-17(18,19)20/h2-6,13,15,24H,7-10H2,1H3,(H,21,22)/t13-,15+/m1/s1. The van der Waals surface area contributed by atoms with Crippen LogP contribution >= 0.6 is 0 Å². The Morgan fingerprint density at radius 2 is 2.08 bits per heavy atom. The number of H-pyrrole nitrogens is 1. The predicted molar refractivity (Wildman–Crippen MR) is 84.9 cm³/mol. The Hall–Kier alpha value is -2.06. The van der Waals surface area contributed by atoms with E-state index in [1.807, 2.05) is 17.9 Å². The highest BCUT2D eigenvalue weighted by atomic mass is 19.4. The SMILES string of the molecule is Cc1cc(C[C@@H]2CN(Cc3ccccc3OC(F)(F)F)C[C@@H]2O)n[nH]1. The van der Waals surface area contributed by atoms with Crippen LogP contribution in [-0.2, 0) is 13.0 Å². The molecule has 1 aliphatic heterocycles. The molecule has 2 atom stereocenters. The molecule has 0 bridgehead atoms. The maximum absolute atomic E-state index is 12.5. The molecule has 0 spiro atoms. The van der Waals surface area contributed by atoms with Crippen LogP contribution in [0.15, 0.2) is 30.3 Å².